The van der Waals surface area contributed by atoms with E-state index in [4.69, 9.17) is 4.74 Å². The van der Waals surface area contributed by atoms with Crippen LogP contribution in [-0.4, -0.2) is 112 Å². The third kappa shape index (κ3) is 10.6. The number of benzene rings is 2. The van der Waals surface area contributed by atoms with Gasteiger partial charge in [0.25, 0.3) is 5.91 Å². The molecule has 0 spiro atoms. The molecule has 4 amide bonds. The largest absolute Gasteiger partial charge is 0.573 e. The van der Waals surface area contributed by atoms with E-state index >= 15 is 0 Å². The smallest absolute Gasteiger partial charge is 0.453 e. The highest BCUT2D eigenvalue weighted by molar-refractivity contribution is 7.99. The lowest BCUT2D eigenvalue weighted by molar-refractivity contribution is -0.274. The van der Waals surface area contributed by atoms with Gasteiger partial charge >= 0.3 is 12.5 Å². The number of halogens is 3. The van der Waals surface area contributed by atoms with Crippen LogP contribution in [0.5, 0.6) is 5.75 Å². The normalized spacial score (nSPS) is 18.7. The number of hydrogen-bond acceptors (Lipinski definition) is 10. The highest BCUT2D eigenvalue weighted by Crippen LogP contribution is 2.39. The quantitative estimate of drug-likeness (QED) is 0.136. The summed E-state index contributed by atoms with van der Waals surface area (Å²) in [6.07, 6.45) is 0.0113. The number of thioether (sulfide) groups is 1. The van der Waals surface area contributed by atoms with E-state index in [1.807, 2.05) is 52.7 Å². The molecule has 2 aromatic carbocycles. The molecule has 4 heterocycles. The number of imidazole rings is 1. The monoisotopic (exact) mass is 878 g/mol. The van der Waals surface area contributed by atoms with Gasteiger partial charge in [-0.05, 0) is 67.0 Å². The van der Waals surface area contributed by atoms with Crippen molar-refractivity contribution in [3.63, 3.8) is 0 Å². The van der Waals surface area contributed by atoms with E-state index in [1.165, 1.54) is 25.4 Å². The standard InChI is InChI=1S/C44H53F3N8O6S/c1-25(2)37(52-42(59)60-7)40(57)55-24-31(62-8)20-34(55)38-49-22-33(51-38)28-11-9-27(10-12-28)32-15-13-29(19-35(32)61-44(45,46)47)39(56)50-30-14-16-36(48-21-30)54-18-17-53(23-26(54)3)41(58)43(4,5)6/h9-16,19,21-22,25-26,31,34,37H,17-18,20,23-24H2,1-8H3,(H,49,51)(H,50,56)(H,52,59)/t26-,31+,34+,37+/m1/s1. The van der Waals surface area contributed by atoms with Gasteiger partial charge in [0, 0.05) is 54.0 Å². The summed E-state index contributed by atoms with van der Waals surface area (Å²) in [5.41, 5.74) is 1.66. The van der Waals surface area contributed by atoms with E-state index < -0.39 is 35.6 Å². The number of aromatic nitrogens is 3. The molecular formula is C44H53F3N8O6S. The van der Waals surface area contributed by atoms with Gasteiger partial charge in [0.2, 0.25) is 11.8 Å². The Kier molecular flexibility index (Phi) is 13.8. The molecule has 6 rings (SSSR count). The molecule has 14 nitrogen and oxygen atoms in total. The van der Waals surface area contributed by atoms with Crippen LogP contribution >= 0.6 is 11.8 Å². The molecule has 2 aliphatic heterocycles. The Morgan fingerprint density at radius 1 is 0.935 bits per heavy atom. The summed E-state index contributed by atoms with van der Waals surface area (Å²) in [6.45, 7) is 13.6. The number of nitrogens with one attached hydrogen (secondary N) is 3. The van der Waals surface area contributed by atoms with Crippen molar-refractivity contribution in [2.45, 2.75) is 77.7 Å². The van der Waals surface area contributed by atoms with Gasteiger partial charge < -0.3 is 39.8 Å². The first-order chi connectivity index (χ1) is 29.3. The highest BCUT2D eigenvalue weighted by Gasteiger charge is 2.41. The fourth-order valence-electron chi connectivity index (χ4n) is 7.73. The van der Waals surface area contributed by atoms with Crippen LogP contribution in [0.2, 0.25) is 0 Å². The number of alkyl halides is 3. The topological polar surface area (TPSA) is 162 Å². The van der Waals surface area contributed by atoms with Gasteiger partial charge in [0.05, 0.1) is 36.9 Å². The van der Waals surface area contributed by atoms with Crippen molar-refractivity contribution >= 4 is 47.1 Å². The average molecular weight is 879 g/mol. The van der Waals surface area contributed by atoms with Gasteiger partial charge in [-0.2, -0.15) is 11.8 Å². The number of aromatic amines is 1. The predicted molar refractivity (Wildman–Crippen MR) is 232 cm³/mol. The minimum Gasteiger partial charge on any atom is -0.453 e. The number of pyridine rings is 1. The van der Waals surface area contributed by atoms with Crippen molar-refractivity contribution in [2.75, 3.05) is 49.8 Å². The van der Waals surface area contributed by atoms with Crippen molar-refractivity contribution in [2.24, 2.45) is 11.3 Å². The second-order valence-electron chi connectivity index (χ2n) is 16.9. The first-order valence-electron chi connectivity index (χ1n) is 20.3. The Bertz CT molecular complexity index is 2250. The number of amides is 4. The Balaban J connectivity index is 1.15. The fourth-order valence-corrected chi connectivity index (χ4v) is 8.42. The molecule has 2 fully saturated rings. The molecule has 18 heteroatoms. The van der Waals surface area contributed by atoms with Crippen LogP contribution in [0, 0.1) is 11.3 Å². The van der Waals surface area contributed by atoms with E-state index in [-0.39, 0.29) is 46.2 Å². The van der Waals surface area contributed by atoms with Crippen molar-refractivity contribution in [1.29, 1.82) is 0 Å². The van der Waals surface area contributed by atoms with E-state index in [2.05, 4.69) is 35.2 Å². The summed E-state index contributed by atoms with van der Waals surface area (Å²) < 4.78 is 50.4. The van der Waals surface area contributed by atoms with Crippen LogP contribution in [-0.2, 0) is 14.3 Å². The molecule has 3 N–H and O–H groups in total. The summed E-state index contributed by atoms with van der Waals surface area (Å²) in [7, 11) is 1.24. The predicted octanol–water partition coefficient (Wildman–Crippen LogP) is 7.76. The molecule has 2 aromatic heterocycles. The summed E-state index contributed by atoms with van der Waals surface area (Å²) in [5.74, 6) is -0.324. The molecule has 0 aliphatic carbocycles. The van der Waals surface area contributed by atoms with Gasteiger partial charge in [0.1, 0.15) is 23.4 Å². The summed E-state index contributed by atoms with van der Waals surface area (Å²) >= 11 is 1.64. The number of carbonyl (C=O) groups excluding carboxylic acids is 4. The third-order valence-corrected chi connectivity index (χ3v) is 12.0. The number of hydrogen-bond donors (Lipinski definition) is 3. The highest BCUT2D eigenvalue weighted by atomic mass is 32.2. The molecule has 0 saturated carbocycles. The number of likely N-dealkylation sites (tertiary alicyclic amines) is 1. The molecule has 332 valence electrons. The lowest BCUT2D eigenvalue weighted by atomic mass is 9.94. The number of carbonyl (C=O) groups is 4. The maximum absolute atomic E-state index is 13.8. The van der Waals surface area contributed by atoms with Crippen LogP contribution in [0.25, 0.3) is 22.4 Å². The number of rotatable bonds is 11. The zero-order valence-electron chi connectivity index (χ0n) is 36.0. The van der Waals surface area contributed by atoms with Crippen molar-refractivity contribution < 1.29 is 41.8 Å². The number of ether oxygens (including phenoxy) is 2. The zero-order valence-corrected chi connectivity index (χ0v) is 36.8. The van der Waals surface area contributed by atoms with Crippen LogP contribution in [0.3, 0.4) is 0 Å². The number of methoxy groups -OCH3 is 1. The van der Waals surface area contributed by atoms with Gasteiger partial charge in [-0.25, -0.2) is 14.8 Å². The van der Waals surface area contributed by atoms with Crippen molar-refractivity contribution in [3.05, 3.63) is 78.4 Å². The van der Waals surface area contributed by atoms with Crippen LogP contribution in [0.1, 0.15) is 70.2 Å². The molecular weight excluding hydrogens is 826 g/mol. The number of piperazine rings is 1. The molecule has 0 bridgehead atoms. The Labute approximate surface area is 363 Å². The lowest BCUT2D eigenvalue weighted by Gasteiger charge is -2.42. The maximum atomic E-state index is 13.8. The summed E-state index contributed by atoms with van der Waals surface area (Å²) in [4.78, 5) is 70.1. The summed E-state index contributed by atoms with van der Waals surface area (Å²) in [5, 5.41) is 5.51. The van der Waals surface area contributed by atoms with Crippen LogP contribution in [0.15, 0.2) is 67.0 Å². The minimum absolute atomic E-state index is 0.00525. The van der Waals surface area contributed by atoms with Gasteiger partial charge in [-0.1, -0.05) is 58.9 Å². The number of nitrogens with zero attached hydrogens (tertiary/aromatic N) is 5. The number of alkyl carbamates (subject to hydrolysis) is 1. The van der Waals surface area contributed by atoms with Gasteiger partial charge in [-0.15, -0.1) is 13.2 Å². The van der Waals surface area contributed by atoms with E-state index in [1.54, 1.807) is 59.3 Å². The number of anilines is 2. The minimum atomic E-state index is -5.03. The first kappa shape index (κ1) is 45.7. The van der Waals surface area contributed by atoms with E-state index in [9.17, 15) is 32.3 Å². The molecule has 2 aliphatic rings. The van der Waals surface area contributed by atoms with Gasteiger partial charge in [0.15, 0.2) is 0 Å². The molecule has 2 saturated heterocycles. The molecule has 4 atom stereocenters. The fraction of sp³-hybridized carbons (Fsp3) is 0.455. The zero-order chi connectivity index (χ0) is 45.1. The second kappa shape index (κ2) is 18.7. The molecule has 4 aromatic rings. The van der Waals surface area contributed by atoms with Crippen LogP contribution < -0.4 is 20.3 Å². The van der Waals surface area contributed by atoms with Gasteiger partial charge in [-0.3, -0.25) is 14.4 Å². The first-order valence-corrected chi connectivity index (χ1v) is 21.6. The lowest BCUT2D eigenvalue weighted by Crippen LogP contribution is -2.56. The molecule has 0 radical (unpaired) electrons. The number of H-pyrrole nitrogens is 1. The Morgan fingerprint density at radius 3 is 2.24 bits per heavy atom. The van der Waals surface area contributed by atoms with Crippen molar-refractivity contribution in [3.8, 4) is 28.1 Å². The summed E-state index contributed by atoms with van der Waals surface area (Å²) in [6, 6.07) is 12.9. The van der Waals surface area contributed by atoms with Crippen molar-refractivity contribution in [1.82, 2.24) is 30.1 Å². The second-order valence-corrected chi connectivity index (χ2v) is 18.0. The average Bonchev–Trinajstić information content (AvgIpc) is 3.90. The Morgan fingerprint density at radius 2 is 1.65 bits per heavy atom. The maximum Gasteiger partial charge on any atom is 0.573 e. The van der Waals surface area contributed by atoms with E-state index in [0.717, 1.165) is 6.07 Å². The molecule has 62 heavy (non-hydrogen) atoms. The van der Waals surface area contributed by atoms with Crippen LogP contribution in [0.4, 0.5) is 29.5 Å². The molecule has 0 unspecified atom stereocenters. The van der Waals surface area contributed by atoms with E-state index in [0.29, 0.717) is 66.8 Å². The Hall–Kier alpha value is -5.78. The third-order valence-electron chi connectivity index (χ3n) is 11.0. The SMILES string of the molecule is COC(=O)N[C@H](C(=O)N1C[C@@H](SC)C[C@H]1c1ncc(-c2ccc(-c3ccc(C(=O)Nc4ccc(N5CCN(C(=O)C(C)(C)C)C[C@H]5C)nc4)cc3OC(F)(F)F)cc2)[nH]1)C(C)C.